The Morgan fingerprint density at radius 2 is 1.40 bits per heavy atom. The van der Waals surface area contributed by atoms with Crippen molar-refractivity contribution in [2.24, 2.45) is 0 Å². The number of rotatable bonds is 5. The summed E-state index contributed by atoms with van der Waals surface area (Å²) in [7, 11) is -8.89. The molecule has 5 N–H and O–H groups in total. The molecule has 11 heteroatoms. The fourth-order valence-electron chi connectivity index (χ4n) is 0.380. The highest BCUT2D eigenvalue weighted by molar-refractivity contribution is 7.46. The third-order valence-electron chi connectivity index (χ3n) is 0.787. The van der Waals surface area contributed by atoms with Crippen LogP contribution in [0.5, 0.6) is 0 Å². The average Bonchev–Trinajstić information content (AvgIpc) is 1.93. The van der Waals surface area contributed by atoms with Crippen LogP contribution in [0, 0.1) is 0 Å². The minimum absolute atomic E-state index is 0.0665. The van der Waals surface area contributed by atoms with E-state index in [-0.39, 0.29) is 6.61 Å². The Bertz CT molecular complexity index is 225. The standard InChI is InChI=1S/C4H10ClO4P.H3O4P/c5-3-1-2-4-9-10(6,7)8;1-5(2,3)4/h1-4H2,(H2,6,7,8);(H3,1,2,3,4). The van der Waals surface area contributed by atoms with Gasteiger partial charge in [0.15, 0.2) is 0 Å². The Kier molecular flexibility index (Phi) is 10.3. The molecule has 0 unspecified atom stereocenters. The third kappa shape index (κ3) is 40.3. The Morgan fingerprint density at radius 3 is 1.67 bits per heavy atom. The van der Waals surface area contributed by atoms with Gasteiger partial charge in [-0.3, -0.25) is 4.52 Å². The van der Waals surface area contributed by atoms with Crippen molar-refractivity contribution < 1.29 is 38.1 Å². The van der Waals surface area contributed by atoms with E-state index in [1.54, 1.807) is 0 Å². The Labute approximate surface area is 91.3 Å². The van der Waals surface area contributed by atoms with Gasteiger partial charge in [0, 0.05) is 5.88 Å². The molecule has 0 aromatic carbocycles. The van der Waals surface area contributed by atoms with E-state index in [0.717, 1.165) is 0 Å². The van der Waals surface area contributed by atoms with Crippen LogP contribution < -0.4 is 0 Å². The second kappa shape index (κ2) is 8.64. The molecule has 0 aliphatic heterocycles. The van der Waals surface area contributed by atoms with Crippen molar-refractivity contribution in [3.63, 3.8) is 0 Å². The van der Waals surface area contributed by atoms with Crippen molar-refractivity contribution in [2.45, 2.75) is 12.8 Å². The second-order valence-corrected chi connectivity index (χ2v) is 4.88. The molecule has 0 rings (SSSR count). The number of hydrogen-bond donors (Lipinski definition) is 5. The Balaban J connectivity index is 0. The van der Waals surface area contributed by atoms with Crippen molar-refractivity contribution in [3.05, 3.63) is 0 Å². The Morgan fingerprint density at radius 1 is 1.00 bits per heavy atom. The van der Waals surface area contributed by atoms with E-state index in [0.29, 0.717) is 18.7 Å². The van der Waals surface area contributed by atoms with Crippen LogP contribution in [-0.4, -0.2) is 37.0 Å². The van der Waals surface area contributed by atoms with E-state index >= 15 is 0 Å². The SMILES string of the molecule is O=P(O)(O)O.O=P(O)(O)OCCCCCl. The molecule has 0 aliphatic carbocycles. The van der Waals surface area contributed by atoms with Gasteiger partial charge in [-0.1, -0.05) is 0 Å². The fraction of sp³-hybridized carbons (Fsp3) is 1.00. The van der Waals surface area contributed by atoms with Crippen LogP contribution in [-0.2, 0) is 13.7 Å². The van der Waals surface area contributed by atoms with Crippen LogP contribution in [0.3, 0.4) is 0 Å². The molecule has 0 spiro atoms. The second-order valence-electron chi connectivity index (χ2n) is 2.23. The first-order valence-electron chi connectivity index (χ1n) is 3.60. The first-order valence-corrected chi connectivity index (χ1v) is 7.23. The van der Waals surface area contributed by atoms with Gasteiger partial charge < -0.3 is 24.5 Å². The summed E-state index contributed by atoms with van der Waals surface area (Å²) >= 11 is 5.30. The maximum atomic E-state index is 10.0. The predicted molar refractivity (Wildman–Crippen MR) is 52.2 cm³/mol. The Hall–Kier alpha value is 0.510. The zero-order valence-electron chi connectivity index (χ0n) is 7.56. The lowest BCUT2D eigenvalue weighted by Crippen LogP contribution is -1.92. The monoisotopic (exact) mass is 286 g/mol. The maximum absolute atomic E-state index is 10.0. The van der Waals surface area contributed by atoms with Crippen LogP contribution in [0.2, 0.25) is 0 Å². The molecule has 0 amide bonds. The number of unbranched alkanes of at least 4 members (excludes halogenated alkanes) is 1. The lowest BCUT2D eigenvalue weighted by molar-refractivity contribution is 0.194. The van der Waals surface area contributed by atoms with Gasteiger partial charge in [0.25, 0.3) is 0 Å². The number of phosphoric ester groups is 1. The maximum Gasteiger partial charge on any atom is 0.469 e. The van der Waals surface area contributed by atoms with Crippen LogP contribution >= 0.6 is 27.2 Å². The lowest BCUT2D eigenvalue weighted by Gasteiger charge is -2.02. The van der Waals surface area contributed by atoms with Gasteiger partial charge in [-0.05, 0) is 12.8 Å². The molecule has 0 saturated heterocycles. The minimum atomic E-state index is -4.64. The molecule has 0 aliphatic rings. The smallest absolute Gasteiger partial charge is 0.303 e. The zero-order valence-corrected chi connectivity index (χ0v) is 10.1. The molecule has 0 aromatic rings. The van der Waals surface area contributed by atoms with Gasteiger partial charge in [-0.25, -0.2) is 9.13 Å². The summed E-state index contributed by atoms with van der Waals surface area (Å²) in [6.45, 7) is 0.0665. The molecule has 0 atom stereocenters. The highest BCUT2D eigenvalue weighted by atomic mass is 35.5. The van der Waals surface area contributed by atoms with Gasteiger partial charge in [-0.15, -0.1) is 11.6 Å². The van der Waals surface area contributed by atoms with Crippen molar-refractivity contribution >= 4 is 27.2 Å². The first-order chi connectivity index (χ1) is 6.56. The van der Waals surface area contributed by atoms with Gasteiger partial charge >= 0.3 is 15.6 Å². The number of phosphoric acid groups is 2. The number of alkyl halides is 1. The van der Waals surface area contributed by atoms with Crippen LogP contribution in [0.25, 0.3) is 0 Å². The fourth-order valence-corrected chi connectivity index (χ4v) is 0.936. The summed E-state index contributed by atoms with van der Waals surface area (Å²) in [5.41, 5.74) is 0. The van der Waals surface area contributed by atoms with Crippen molar-refractivity contribution in [2.75, 3.05) is 12.5 Å². The molecule has 94 valence electrons. The highest BCUT2D eigenvalue weighted by Crippen LogP contribution is 2.35. The van der Waals surface area contributed by atoms with Crippen molar-refractivity contribution in [1.29, 1.82) is 0 Å². The van der Waals surface area contributed by atoms with Gasteiger partial charge in [0.2, 0.25) is 0 Å². The topological polar surface area (TPSA) is 145 Å². The molecular formula is C4H13ClO8P2. The molecule has 0 radical (unpaired) electrons. The largest absolute Gasteiger partial charge is 0.469 e. The van der Waals surface area contributed by atoms with Gasteiger partial charge in [-0.2, -0.15) is 0 Å². The van der Waals surface area contributed by atoms with Crippen LogP contribution in [0.15, 0.2) is 0 Å². The molecule has 8 nitrogen and oxygen atoms in total. The minimum Gasteiger partial charge on any atom is -0.303 e. The summed E-state index contributed by atoms with van der Waals surface area (Å²) in [6.07, 6.45) is 1.29. The zero-order chi connectivity index (χ0) is 12.5. The van der Waals surface area contributed by atoms with Gasteiger partial charge in [0.05, 0.1) is 6.61 Å². The average molecular weight is 287 g/mol. The van der Waals surface area contributed by atoms with Crippen molar-refractivity contribution in [1.82, 2.24) is 0 Å². The molecule has 0 fully saturated rings. The molecule has 0 saturated carbocycles. The number of hydrogen-bond acceptors (Lipinski definition) is 3. The summed E-state index contributed by atoms with van der Waals surface area (Å²) < 4.78 is 23.1. The van der Waals surface area contributed by atoms with E-state index in [4.69, 9.17) is 40.6 Å². The molecule has 0 aromatic heterocycles. The third-order valence-corrected chi connectivity index (χ3v) is 1.57. The first kappa shape index (κ1) is 17.9. The van der Waals surface area contributed by atoms with E-state index in [9.17, 15) is 4.57 Å². The quantitative estimate of drug-likeness (QED) is 0.273. The van der Waals surface area contributed by atoms with E-state index < -0.39 is 15.6 Å². The highest BCUT2D eigenvalue weighted by Gasteiger charge is 2.11. The van der Waals surface area contributed by atoms with Crippen LogP contribution in [0.1, 0.15) is 12.8 Å². The summed E-state index contributed by atoms with van der Waals surface area (Å²) in [6, 6.07) is 0. The van der Waals surface area contributed by atoms with E-state index in [1.165, 1.54) is 0 Å². The lowest BCUT2D eigenvalue weighted by atomic mass is 10.4. The molecule has 15 heavy (non-hydrogen) atoms. The van der Waals surface area contributed by atoms with Crippen molar-refractivity contribution in [3.8, 4) is 0 Å². The van der Waals surface area contributed by atoms with Gasteiger partial charge in [0.1, 0.15) is 0 Å². The molecular weight excluding hydrogens is 273 g/mol. The normalized spacial score (nSPS) is 11.9. The summed E-state index contributed by atoms with van der Waals surface area (Å²) in [5.74, 6) is 0.491. The molecule has 0 bridgehead atoms. The summed E-state index contributed by atoms with van der Waals surface area (Å²) in [5, 5.41) is 0. The summed E-state index contributed by atoms with van der Waals surface area (Å²) in [4.78, 5) is 37.9. The van der Waals surface area contributed by atoms with Crippen LogP contribution in [0.4, 0.5) is 0 Å². The predicted octanol–water partition coefficient (Wildman–Crippen LogP) is 0.186. The van der Waals surface area contributed by atoms with E-state index in [2.05, 4.69) is 4.52 Å². The van der Waals surface area contributed by atoms with E-state index in [1.807, 2.05) is 0 Å². The number of halogens is 1. The molecule has 0 heterocycles.